The van der Waals surface area contributed by atoms with E-state index in [0.29, 0.717) is 0 Å². The standard InChI is InChI=1S/C18H20N6O/c25-18(11-3-4-11)23-12-2-1-7-24(9-12)17-15-13-5-6-19-16(13)20-8-14(15)21-10-22-17/h5-6,8,10-12H,1-4,7,9H2,(H,21,22)(H,23,25). The van der Waals surface area contributed by atoms with Crippen LogP contribution in [-0.2, 0) is 4.79 Å². The van der Waals surface area contributed by atoms with E-state index in [1.807, 2.05) is 12.3 Å². The Morgan fingerprint density at radius 2 is 2.16 bits per heavy atom. The maximum absolute atomic E-state index is 12.1. The molecule has 2 fully saturated rings. The second-order valence-corrected chi connectivity index (χ2v) is 7.02. The van der Waals surface area contributed by atoms with E-state index in [9.17, 15) is 4.79 Å². The van der Waals surface area contributed by atoms with Crippen molar-refractivity contribution >= 4 is 33.7 Å². The summed E-state index contributed by atoms with van der Waals surface area (Å²) in [6.07, 6.45) is 9.46. The van der Waals surface area contributed by atoms with E-state index >= 15 is 0 Å². The Labute approximate surface area is 144 Å². The van der Waals surface area contributed by atoms with Crippen LogP contribution in [0.15, 0.2) is 24.8 Å². The average Bonchev–Trinajstić information content (AvgIpc) is 3.38. The minimum Gasteiger partial charge on any atom is -0.354 e. The molecule has 1 saturated carbocycles. The first kappa shape index (κ1) is 14.6. The molecule has 1 unspecified atom stereocenters. The van der Waals surface area contributed by atoms with Gasteiger partial charge in [0.15, 0.2) is 5.65 Å². The molecule has 2 aliphatic rings. The Kier molecular flexibility index (Phi) is 3.33. The monoisotopic (exact) mass is 336 g/mol. The first-order chi connectivity index (χ1) is 12.3. The maximum atomic E-state index is 12.1. The van der Waals surface area contributed by atoms with Crippen molar-refractivity contribution in [2.24, 2.45) is 5.92 Å². The first-order valence-corrected chi connectivity index (χ1v) is 8.92. The molecule has 7 nitrogen and oxygen atoms in total. The zero-order valence-corrected chi connectivity index (χ0v) is 13.9. The van der Waals surface area contributed by atoms with Crippen LogP contribution in [0.5, 0.6) is 0 Å². The van der Waals surface area contributed by atoms with Gasteiger partial charge < -0.3 is 15.2 Å². The number of carbonyl (C=O) groups excluding carboxylic acids is 1. The molecule has 1 amide bonds. The fraction of sp³-hybridized carbons (Fsp3) is 0.444. The summed E-state index contributed by atoms with van der Waals surface area (Å²) < 4.78 is 0. The van der Waals surface area contributed by atoms with Crippen LogP contribution in [-0.4, -0.2) is 45.0 Å². The summed E-state index contributed by atoms with van der Waals surface area (Å²) in [5, 5.41) is 5.29. The van der Waals surface area contributed by atoms with Gasteiger partial charge >= 0.3 is 0 Å². The molecule has 1 aliphatic carbocycles. The van der Waals surface area contributed by atoms with Crippen LogP contribution in [0.25, 0.3) is 21.9 Å². The van der Waals surface area contributed by atoms with Crippen molar-refractivity contribution in [1.29, 1.82) is 0 Å². The van der Waals surface area contributed by atoms with E-state index in [1.54, 1.807) is 12.5 Å². The van der Waals surface area contributed by atoms with Gasteiger partial charge in [-0.15, -0.1) is 0 Å². The molecule has 2 N–H and O–H groups in total. The van der Waals surface area contributed by atoms with E-state index in [2.05, 4.69) is 30.2 Å². The van der Waals surface area contributed by atoms with Crippen LogP contribution in [0.3, 0.4) is 0 Å². The number of piperidine rings is 1. The molecule has 0 bridgehead atoms. The van der Waals surface area contributed by atoms with Gasteiger partial charge in [0.2, 0.25) is 5.91 Å². The van der Waals surface area contributed by atoms with Crippen molar-refractivity contribution in [2.45, 2.75) is 31.7 Å². The number of nitrogens with zero attached hydrogens (tertiary/aromatic N) is 4. The number of nitrogens with one attached hydrogen (secondary N) is 2. The summed E-state index contributed by atoms with van der Waals surface area (Å²) in [7, 11) is 0. The molecule has 4 heterocycles. The van der Waals surface area contributed by atoms with Gasteiger partial charge in [-0.3, -0.25) is 4.79 Å². The fourth-order valence-electron chi connectivity index (χ4n) is 3.73. The van der Waals surface area contributed by atoms with E-state index in [0.717, 1.165) is 66.5 Å². The fourth-order valence-corrected chi connectivity index (χ4v) is 3.73. The van der Waals surface area contributed by atoms with Crippen molar-refractivity contribution in [3.05, 3.63) is 24.8 Å². The van der Waals surface area contributed by atoms with E-state index < -0.39 is 0 Å². The van der Waals surface area contributed by atoms with Crippen LogP contribution in [0, 0.1) is 5.92 Å². The highest BCUT2D eigenvalue weighted by molar-refractivity contribution is 6.08. The third kappa shape index (κ3) is 2.59. The van der Waals surface area contributed by atoms with Gasteiger partial charge in [-0.25, -0.2) is 15.0 Å². The number of aromatic nitrogens is 4. The summed E-state index contributed by atoms with van der Waals surface area (Å²) in [5.41, 5.74) is 1.69. The summed E-state index contributed by atoms with van der Waals surface area (Å²) in [5.74, 6) is 1.42. The number of carbonyl (C=O) groups is 1. The highest BCUT2D eigenvalue weighted by atomic mass is 16.2. The van der Waals surface area contributed by atoms with Gasteiger partial charge in [0.05, 0.1) is 23.4 Å². The van der Waals surface area contributed by atoms with Crippen LogP contribution in [0.2, 0.25) is 0 Å². The van der Waals surface area contributed by atoms with E-state index in [1.165, 1.54) is 0 Å². The van der Waals surface area contributed by atoms with Gasteiger partial charge in [0.25, 0.3) is 0 Å². The Morgan fingerprint density at radius 3 is 3.04 bits per heavy atom. The number of fused-ring (bicyclic) bond motifs is 3. The SMILES string of the molecule is O=C(NC1CCCN(c2nc[nH]c3cnc4nccc4c23)C1)C1CC1. The number of hydrogen-bond donors (Lipinski definition) is 2. The number of aromatic amines is 1. The smallest absolute Gasteiger partial charge is 0.223 e. The lowest BCUT2D eigenvalue weighted by Gasteiger charge is -2.34. The third-order valence-electron chi connectivity index (χ3n) is 5.18. The van der Waals surface area contributed by atoms with Gasteiger partial charge in [-0.05, 0) is 31.7 Å². The van der Waals surface area contributed by atoms with Crippen molar-refractivity contribution in [3.8, 4) is 0 Å². The number of pyridine rings is 1. The number of anilines is 1. The molecule has 7 heteroatoms. The highest BCUT2D eigenvalue weighted by Crippen LogP contribution is 2.32. The summed E-state index contributed by atoms with van der Waals surface area (Å²) in [4.78, 5) is 30.9. The van der Waals surface area contributed by atoms with Crippen LogP contribution >= 0.6 is 0 Å². The minimum absolute atomic E-state index is 0.193. The van der Waals surface area contributed by atoms with Crippen LogP contribution in [0.1, 0.15) is 25.7 Å². The second kappa shape index (κ2) is 5.68. The van der Waals surface area contributed by atoms with Crippen molar-refractivity contribution in [1.82, 2.24) is 25.3 Å². The number of H-pyrrole nitrogens is 1. The molecule has 128 valence electrons. The van der Waals surface area contributed by atoms with Gasteiger partial charge in [0.1, 0.15) is 5.82 Å². The predicted molar refractivity (Wildman–Crippen MR) is 95.3 cm³/mol. The molecule has 5 rings (SSSR count). The molecule has 3 aromatic heterocycles. The molecule has 3 aromatic rings. The largest absolute Gasteiger partial charge is 0.354 e. The molecular weight excluding hydrogens is 316 g/mol. The molecule has 25 heavy (non-hydrogen) atoms. The number of rotatable bonds is 3. The zero-order chi connectivity index (χ0) is 16.8. The predicted octanol–water partition coefficient (Wildman–Crippen LogP) is 2.00. The topological polar surface area (TPSA) is 86.8 Å². The molecule has 0 spiro atoms. The second-order valence-electron chi connectivity index (χ2n) is 7.02. The number of amides is 1. The Bertz CT molecular complexity index is 947. The zero-order valence-electron chi connectivity index (χ0n) is 13.9. The van der Waals surface area contributed by atoms with Crippen LogP contribution in [0.4, 0.5) is 5.82 Å². The lowest BCUT2D eigenvalue weighted by molar-refractivity contribution is -0.123. The summed E-state index contributed by atoms with van der Waals surface area (Å²) >= 11 is 0. The Balaban J connectivity index is 1.49. The van der Waals surface area contributed by atoms with Gasteiger partial charge in [-0.2, -0.15) is 0 Å². The normalized spacial score (nSPS) is 21.0. The highest BCUT2D eigenvalue weighted by Gasteiger charge is 2.32. The maximum Gasteiger partial charge on any atom is 0.223 e. The lowest BCUT2D eigenvalue weighted by atomic mass is 10.0. The number of hydrogen-bond acceptors (Lipinski definition) is 5. The van der Waals surface area contributed by atoms with Crippen molar-refractivity contribution in [2.75, 3.05) is 18.0 Å². The molecule has 1 atom stereocenters. The molecule has 1 aliphatic heterocycles. The first-order valence-electron chi connectivity index (χ1n) is 8.92. The van der Waals surface area contributed by atoms with E-state index in [-0.39, 0.29) is 17.9 Å². The molecule has 0 aromatic carbocycles. The molecule has 1 saturated heterocycles. The van der Waals surface area contributed by atoms with Gasteiger partial charge in [-0.1, -0.05) is 0 Å². The lowest BCUT2D eigenvalue weighted by Crippen LogP contribution is -2.48. The van der Waals surface area contributed by atoms with Gasteiger partial charge in [0, 0.05) is 36.6 Å². The minimum atomic E-state index is 0.193. The molecular formula is C18H20N6O. The van der Waals surface area contributed by atoms with Crippen LogP contribution < -0.4 is 10.2 Å². The van der Waals surface area contributed by atoms with Crippen molar-refractivity contribution in [3.63, 3.8) is 0 Å². The Morgan fingerprint density at radius 1 is 1.24 bits per heavy atom. The quantitative estimate of drug-likeness (QED) is 0.764. The van der Waals surface area contributed by atoms with E-state index in [4.69, 9.17) is 0 Å². The summed E-state index contributed by atoms with van der Waals surface area (Å²) in [6.45, 7) is 1.74. The Hall–Kier alpha value is -2.70. The summed E-state index contributed by atoms with van der Waals surface area (Å²) in [6, 6.07) is 2.18. The average molecular weight is 336 g/mol. The third-order valence-corrected chi connectivity index (χ3v) is 5.18. The molecule has 0 radical (unpaired) electrons. The van der Waals surface area contributed by atoms with Crippen molar-refractivity contribution < 1.29 is 4.79 Å².